The molecule has 0 spiro atoms. The van der Waals surface area contributed by atoms with Crippen LogP contribution in [0.1, 0.15) is 70.8 Å². The van der Waals surface area contributed by atoms with Crippen molar-refractivity contribution in [2.75, 3.05) is 0 Å². The van der Waals surface area contributed by atoms with E-state index in [4.69, 9.17) is 4.74 Å². The summed E-state index contributed by atoms with van der Waals surface area (Å²) in [5.74, 6) is 0. The maximum Gasteiger partial charge on any atom is 0.0720 e. The standard InChI is InChI=1S/C18H30O/c1-3-4-5-6-7-8-10-13-17(2)19-16-18-14-11-9-12-15-18/h9,11-12,14-15,17H,3-8,10,13,16H2,1-2H3. The van der Waals surface area contributed by atoms with Crippen LogP contribution >= 0.6 is 0 Å². The fourth-order valence-electron chi connectivity index (χ4n) is 2.28. The molecule has 0 aromatic heterocycles. The first-order valence-corrected chi connectivity index (χ1v) is 7.98. The Bertz CT molecular complexity index is 294. The number of hydrogen-bond donors (Lipinski definition) is 0. The van der Waals surface area contributed by atoms with E-state index in [0.717, 1.165) is 6.61 Å². The Morgan fingerprint density at radius 3 is 2.21 bits per heavy atom. The lowest BCUT2D eigenvalue weighted by atomic mass is 10.1. The predicted molar refractivity (Wildman–Crippen MR) is 83.3 cm³/mol. The van der Waals surface area contributed by atoms with Gasteiger partial charge in [-0.05, 0) is 18.9 Å². The minimum absolute atomic E-state index is 0.385. The van der Waals surface area contributed by atoms with Crippen LogP contribution in [-0.2, 0) is 11.3 Å². The van der Waals surface area contributed by atoms with Gasteiger partial charge in [-0.25, -0.2) is 0 Å². The highest BCUT2D eigenvalue weighted by Gasteiger charge is 2.02. The first-order chi connectivity index (χ1) is 9.33. The molecule has 0 N–H and O–H groups in total. The highest BCUT2D eigenvalue weighted by atomic mass is 16.5. The van der Waals surface area contributed by atoms with E-state index in [-0.39, 0.29) is 0 Å². The van der Waals surface area contributed by atoms with E-state index in [1.54, 1.807) is 0 Å². The molecule has 0 fully saturated rings. The Morgan fingerprint density at radius 2 is 1.53 bits per heavy atom. The number of ether oxygens (including phenoxy) is 1. The zero-order chi connectivity index (χ0) is 13.8. The van der Waals surface area contributed by atoms with Gasteiger partial charge in [-0.3, -0.25) is 0 Å². The molecule has 108 valence electrons. The van der Waals surface area contributed by atoms with Gasteiger partial charge in [-0.2, -0.15) is 0 Å². The maximum absolute atomic E-state index is 5.87. The third-order valence-corrected chi connectivity index (χ3v) is 3.59. The summed E-state index contributed by atoms with van der Waals surface area (Å²) < 4.78 is 5.87. The Labute approximate surface area is 119 Å². The molecule has 1 unspecified atom stereocenters. The van der Waals surface area contributed by atoms with Gasteiger partial charge in [0.25, 0.3) is 0 Å². The molecule has 0 saturated heterocycles. The molecule has 0 aliphatic rings. The van der Waals surface area contributed by atoms with Crippen molar-refractivity contribution < 1.29 is 4.74 Å². The quantitative estimate of drug-likeness (QED) is 0.462. The van der Waals surface area contributed by atoms with Crippen LogP contribution in [0.4, 0.5) is 0 Å². The molecule has 0 saturated carbocycles. The lowest BCUT2D eigenvalue weighted by Crippen LogP contribution is -2.07. The van der Waals surface area contributed by atoms with Crippen molar-refractivity contribution in [2.24, 2.45) is 0 Å². The third-order valence-electron chi connectivity index (χ3n) is 3.59. The van der Waals surface area contributed by atoms with Crippen molar-refractivity contribution in [1.82, 2.24) is 0 Å². The van der Waals surface area contributed by atoms with Gasteiger partial charge in [0.2, 0.25) is 0 Å². The molecule has 19 heavy (non-hydrogen) atoms. The average molecular weight is 262 g/mol. The topological polar surface area (TPSA) is 9.23 Å². The first kappa shape index (κ1) is 16.2. The molecular formula is C18H30O. The monoisotopic (exact) mass is 262 g/mol. The van der Waals surface area contributed by atoms with E-state index < -0.39 is 0 Å². The molecule has 0 bridgehead atoms. The van der Waals surface area contributed by atoms with Crippen LogP contribution < -0.4 is 0 Å². The Hall–Kier alpha value is -0.820. The average Bonchev–Trinajstić information content (AvgIpc) is 2.45. The van der Waals surface area contributed by atoms with Crippen LogP contribution in [0, 0.1) is 0 Å². The van der Waals surface area contributed by atoms with Gasteiger partial charge in [0.1, 0.15) is 0 Å². The van der Waals surface area contributed by atoms with E-state index in [1.807, 2.05) is 6.07 Å². The van der Waals surface area contributed by atoms with Gasteiger partial charge in [0.05, 0.1) is 12.7 Å². The molecule has 1 rings (SSSR count). The van der Waals surface area contributed by atoms with E-state index >= 15 is 0 Å². The zero-order valence-corrected chi connectivity index (χ0v) is 12.7. The molecule has 1 aromatic rings. The van der Waals surface area contributed by atoms with Gasteiger partial charge in [-0.15, -0.1) is 0 Å². The van der Waals surface area contributed by atoms with Crippen molar-refractivity contribution >= 4 is 0 Å². The summed E-state index contributed by atoms with van der Waals surface area (Å²) >= 11 is 0. The zero-order valence-electron chi connectivity index (χ0n) is 12.7. The molecule has 0 amide bonds. The Kier molecular flexibility index (Phi) is 9.44. The smallest absolute Gasteiger partial charge is 0.0720 e. The summed E-state index contributed by atoms with van der Waals surface area (Å²) in [6.07, 6.45) is 11.2. The van der Waals surface area contributed by atoms with E-state index in [1.165, 1.54) is 56.9 Å². The van der Waals surface area contributed by atoms with Crippen molar-refractivity contribution in [3.05, 3.63) is 35.9 Å². The third kappa shape index (κ3) is 8.83. The first-order valence-electron chi connectivity index (χ1n) is 7.98. The SMILES string of the molecule is CCCCCCCCCC(C)OCc1ccccc1. The molecule has 0 heterocycles. The van der Waals surface area contributed by atoms with Gasteiger partial charge < -0.3 is 4.74 Å². The van der Waals surface area contributed by atoms with Crippen molar-refractivity contribution in [3.8, 4) is 0 Å². The number of benzene rings is 1. The summed E-state index contributed by atoms with van der Waals surface area (Å²) in [6.45, 7) is 5.21. The second-order valence-electron chi connectivity index (χ2n) is 5.52. The summed E-state index contributed by atoms with van der Waals surface area (Å²) in [5.41, 5.74) is 1.27. The molecule has 0 aliphatic carbocycles. The fourth-order valence-corrected chi connectivity index (χ4v) is 2.28. The second kappa shape index (κ2) is 11.0. The minimum atomic E-state index is 0.385. The van der Waals surface area contributed by atoms with E-state index in [9.17, 15) is 0 Å². The van der Waals surface area contributed by atoms with Gasteiger partial charge >= 0.3 is 0 Å². The van der Waals surface area contributed by atoms with Crippen LogP contribution in [0.15, 0.2) is 30.3 Å². The van der Waals surface area contributed by atoms with Crippen molar-refractivity contribution in [1.29, 1.82) is 0 Å². The normalized spacial score (nSPS) is 12.5. The van der Waals surface area contributed by atoms with Crippen LogP contribution in [0.5, 0.6) is 0 Å². The maximum atomic E-state index is 5.87. The molecule has 1 heteroatoms. The number of hydrogen-bond acceptors (Lipinski definition) is 1. The van der Waals surface area contributed by atoms with E-state index in [0.29, 0.717) is 6.10 Å². The number of rotatable bonds is 11. The molecule has 0 aliphatic heterocycles. The summed E-state index contributed by atoms with van der Waals surface area (Å²) in [6, 6.07) is 10.4. The van der Waals surface area contributed by atoms with Crippen LogP contribution in [0.2, 0.25) is 0 Å². The van der Waals surface area contributed by atoms with Gasteiger partial charge in [0, 0.05) is 0 Å². The van der Waals surface area contributed by atoms with Crippen LogP contribution in [0.25, 0.3) is 0 Å². The van der Waals surface area contributed by atoms with E-state index in [2.05, 4.69) is 38.1 Å². The Balaban J connectivity index is 1.95. The van der Waals surface area contributed by atoms with Crippen LogP contribution in [0.3, 0.4) is 0 Å². The second-order valence-corrected chi connectivity index (χ2v) is 5.52. The highest BCUT2D eigenvalue weighted by Crippen LogP contribution is 2.12. The minimum Gasteiger partial charge on any atom is -0.374 e. The largest absolute Gasteiger partial charge is 0.374 e. The lowest BCUT2D eigenvalue weighted by molar-refractivity contribution is 0.0459. The van der Waals surface area contributed by atoms with Gasteiger partial charge in [0.15, 0.2) is 0 Å². The Morgan fingerprint density at radius 1 is 0.895 bits per heavy atom. The van der Waals surface area contributed by atoms with Crippen molar-refractivity contribution in [2.45, 2.75) is 77.9 Å². The molecular weight excluding hydrogens is 232 g/mol. The lowest BCUT2D eigenvalue weighted by Gasteiger charge is -2.13. The van der Waals surface area contributed by atoms with Crippen molar-refractivity contribution in [3.63, 3.8) is 0 Å². The summed E-state index contributed by atoms with van der Waals surface area (Å²) in [4.78, 5) is 0. The predicted octanol–water partition coefficient (Wildman–Crippen LogP) is 5.73. The summed E-state index contributed by atoms with van der Waals surface area (Å²) in [7, 11) is 0. The van der Waals surface area contributed by atoms with Gasteiger partial charge in [-0.1, -0.05) is 82.2 Å². The molecule has 0 radical (unpaired) electrons. The highest BCUT2D eigenvalue weighted by molar-refractivity contribution is 5.13. The number of unbranched alkanes of at least 4 members (excludes halogenated alkanes) is 6. The molecule has 1 aromatic carbocycles. The summed E-state index contributed by atoms with van der Waals surface area (Å²) in [5, 5.41) is 0. The van der Waals surface area contributed by atoms with Crippen LogP contribution in [-0.4, -0.2) is 6.10 Å². The molecule has 1 atom stereocenters. The molecule has 1 nitrogen and oxygen atoms in total. The fraction of sp³-hybridized carbons (Fsp3) is 0.667.